The van der Waals surface area contributed by atoms with Crippen LogP contribution in [0.5, 0.6) is 0 Å². The molecule has 2 amide bonds. The number of hydrogen-bond donors (Lipinski definition) is 2. The van der Waals surface area contributed by atoms with Crippen molar-refractivity contribution in [1.82, 2.24) is 20.1 Å². The zero-order valence-electron chi connectivity index (χ0n) is 18.1. The summed E-state index contributed by atoms with van der Waals surface area (Å²) in [5.41, 5.74) is 2.47. The van der Waals surface area contributed by atoms with Crippen molar-refractivity contribution in [2.75, 3.05) is 11.9 Å². The summed E-state index contributed by atoms with van der Waals surface area (Å²) in [6, 6.07) is 8.31. The van der Waals surface area contributed by atoms with Gasteiger partial charge in [0.2, 0.25) is 6.10 Å². The number of aromatic nitrogens is 3. The van der Waals surface area contributed by atoms with Crippen molar-refractivity contribution in [3.63, 3.8) is 0 Å². The van der Waals surface area contributed by atoms with Crippen LogP contribution >= 0.6 is 39.1 Å². The first-order valence-corrected chi connectivity index (χ1v) is 11.8. The van der Waals surface area contributed by atoms with Crippen molar-refractivity contribution in [3.05, 3.63) is 68.0 Å². The SMILES string of the molecule is CCNC(=O)C1CC(c2cc(Cl)cc(C)c2NC(=O)c2cc(Br)nn2-c2ncccc2Cl)=NO1. The van der Waals surface area contributed by atoms with Crippen molar-refractivity contribution >= 4 is 62.3 Å². The van der Waals surface area contributed by atoms with Crippen molar-refractivity contribution < 1.29 is 14.4 Å². The Morgan fingerprint density at radius 1 is 1.29 bits per heavy atom. The molecule has 1 unspecified atom stereocenters. The molecule has 0 aliphatic carbocycles. The Balaban J connectivity index is 1.67. The van der Waals surface area contributed by atoms with Crippen LogP contribution in [0.3, 0.4) is 0 Å². The molecular weight excluding hydrogens is 547 g/mol. The van der Waals surface area contributed by atoms with Gasteiger partial charge in [0.25, 0.3) is 11.8 Å². The van der Waals surface area contributed by atoms with Crippen LogP contribution < -0.4 is 10.6 Å². The minimum absolute atomic E-state index is 0.206. The Morgan fingerprint density at radius 3 is 2.82 bits per heavy atom. The van der Waals surface area contributed by atoms with Crippen LogP contribution in [0.1, 0.15) is 35.0 Å². The third kappa shape index (κ3) is 4.94. The number of carbonyl (C=O) groups is 2. The second-order valence-corrected chi connectivity index (χ2v) is 9.06. The number of carbonyl (C=O) groups excluding carboxylic acids is 2. The Hall–Kier alpha value is -2.95. The van der Waals surface area contributed by atoms with Gasteiger partial charge in [0, 0.05) is 35.8 Å². The molecule has 1 aromatic carbocycles. The van der Waals surface area contributed by atoms with E-state index >= 15 is 0 Å². The largest absolute Gasteiger partial charge is 0.382 e. The predicted octanol–water partition coefficient (Wildman–Crippen LogP) is 4.53. The number of amides is 2. The van der Waals surface area contributed by atoms with E-state index in [9.17, 15) is 9.59 Å². The highest BCUT2D eigenvalue weighted by atomic mass is 79.9. The van der Waals surface area contributed by atoms with Gasteiger partial charge in [-0.15, -0.1) is 0 Å². The third-order valence-electron chi connectivity index (χ3n) is 5.01. The van der Waals surface area contributed by atoms with Crippen LogP contribution in [0.4, 0.5) is 5.69 Å². The molecule has 1 aliphatic heterocycles. The lowest BCUT2D eigenvalue weighted by Gasteiger charge is -2.15. The average molecular weight is 566 g/mol. The normalized spacial score (nSPS) is 15.0. The first-order chi connectivity index (χ1) is 16.3. The summed E-state index contributed by atoms with van der Waals surface area (Å²) in [5, 5.41) is 14.8. The molecule has 3 aromatic rings. The molecule has 0 radical (unpaired) electrons. The van der Waals surface area contributed by atoms with E-state index in [4.69, 9.17) is 28.0 Å². The maximum Gasteiger partial charge on any atom is 0.274 e. The summed E-state index contributed by atoms with van der Waals surface area (Å²) in [6.07, 6.45) is 1.05. The lowest BCUT2D eigenvalue weighted by atomic mass is 9.99. The van der Waals surface area contributed by atoms with Crippen LogP contribution in [0.2, 0.25) is 10.0 Å². The third-order valence-corrected chi connectivity index (χ3v) is 5.91. The first kappa shape index (κ1) is 24.2. The number of hydrogen-bond acceptors (Lipinski definition) is 6. The molecule has 4 rings (SSSR count). The zero-order valence-corrected chi connectivity index (χ0v) is 21.2. The van der Waals surface area contributed by atoms with Gasteiger partial charge in [-0.25, -0.2) is 9.67 Å². The number of halogens is 3. The van der Waals surface area contributed by atoms with Crippen molar-refractivity contribution in [3.8, 4) is 5.82 Å². The minimum atomic E-state index is -0.749. The summed E-state index contributed by atoms with van der Waals surface area (Å²) < 4.78 is 1.79. The molecule has 34 heavy (non-hydrogen) atoms. The van der Waals surface area contributed by atoms with Crippen LogP contribution in [0, 0.1) is 6.92 Å². The van der Waals surface area contributed by atoms with Crippen LogP contribution in [-0.4, -0.2) is 44.9 Å². The van der Waals surface area contributed by atoms with Gasteiger partial charge in [-0.05, 0) is 59.6 Å². The van der Waals surface area contributed by atoms with E-state index in [0.717, 1.165) is 0 Å². The van der Waals surface area contributed by atoms with Crippen LogP contribution in [-0.2, 0) is 9.63 Å². The van der Waals surface area contributed by atoms with Gasteiger partial charge in [-0.1, -0.05) is 28.4 Å². The highest BCUT2D eigenvalue weighted by Gasteiger charge is 2.31. The van der Waals surface area contributed by atoms with E-state index in [-0.39, 0.29) is 18.0 Å². The van der Waals surface area contributed by atoms with E-state index < -0.39 is 12.0 Å². The molecule has 0 saturated carbocycles. The topological polar surface area (TPSA) is 111 Å². The Bertz CT molecular complexity index is 1310. The number of likely N-dealkylation sites (N-methyl/N-ethyl adjacent to an activating group) is 1. The summed E-state index contributed by atoms with van der Waals surface area (Å²) in [6.45, 7) is 4.12. The Labute approximate surface area is 213 Å². The highest BCUT2D eigenvalue weighted by Crippen LogP contribution is 2.31. The van der Waals surface area contributed by atoms with Crippen molar-refractivity contribution in [1.29, 1.82) is 0 Å². The predicted molar refractivity (Wildman–Crippen MR) is 133 cm³/mol. The van der Waals surface area contributed by atoms with Crippen LogP contribution in [0.15, 0.2) is 46.3 Å². The number of nitrogens with zero attached hydrogens (tertiary/aromatic N) is 4. The van der Waals surface area contributed by atoms with E-state index in [1.807, 2.05) is 13.8 Å². The molecule has 0 fully saturated rings. The molecule has 0 saturated heterocycles. The summed E-state index contributed by atoms with van der Waals surface area (Å²) in [4.78, 5) is 35.1. The van der Waals surface area contributed by atoms with Crippen molar-refractivity contribution in [2.45, 2.75) is 26.4 Å². The molecule has 176 valence electrons. The van der Waals surface area contributed by atoms with Gasteiger partial charge < -0.3 is 15.5 Å². The summed E-state index contributed by atoms with van der Waals surface area (Å²) in [7, 11) is 0. The zero-order chi connectivity index (χ0) is 24.4. The molecule has 1 aliphatic rings. The smallest absolute Gasteiger partial charge is 0.274 e. The number of aryl methyl sites for hydroxylation is 1. The molecule has 2 N–H and O–H groups in total. The number of rotatable bonds is 6. The summed E-state index contributed by atoms with van der Waals surface area (Å²) in [5.74, 6) is -0.399. The molecule has 0 bridgehead atoms. The minimum Gasteiger partial charge on any atom is -0.382 e. The monoisotopic (exact) mass is 564 g/mol. The Morgan fingerprint density at radius 2 is 2.09 bits per heavy atom. The fourth-order valence-electron chi connectivity index (χ4n) is 3.49. The maximum absolute atomic E-state index is 13.4. The first-order valence-electron chi connectivity index (χ1n) is 10.3. The van der Waals surface area contributed by atoms with Gasteiger partial charge in [0.15, 0.2) is 5.82 Å². The second-order valence-electron chi connectivity index (χ2n) is 7.40. The second kappa shape index (κ2) is 10.1. The Kier molecular flexibility index (Phi) is 7.20. The van der Waals surface area contributed by atoms with E-state index in [2.05, 4.69) is 41.8 Å². The van der Waals surface area contributed by atoms with E-state index in [1.165, 1.54) is 4.68 Å². The van der Waals surface area contributed by atoms with Crippen molar-refractivity contribution in [2.24, 2.45) is 5.16 Å². The van der Waals surface area contributed by atoms with E-state index in [1.54, 1.807) is 36.5 Å². The molecule has 1 atom stereocenters. The fraction of sp³-hybridized carbons (Fsp3) is 0.227. The molecule has 12 heteroatoms. The maximum atomic E-state index is 13.4. The van der Waals surface area contributed by atoms with Gasteiger partial charge in [-0.3, -0.25) is 9.59 Å². The van der Waals surface area contributed by atoms with Crippen LogP contribution in [0.25, 0.3) is 5.82 Å². The van der Waals surface area contributed by atoms with Gasteiger partial charge in [0.05, 0.1) is 16.4 Å². The molecular formula is C22H19BrCl2N6O3. The quantitative estimate of drug-likeness (QED) is 0.456. The molecule has 0 spiro atoms. The lowest BCUT2D eigenvalue weighted by molar-refractivity contribution is -0.131. The standard InChI is InChI=1S/C22H19BrCl2N6O3/c1-3-26-22(33)17-9-15(30-34-17)13-8-12(24)7-11(2)19(13)28-21(32)16-10-18(23)29-31(16)20-14(25)5-4-6-27-20/h4-8,10,17H,3,9H2,1-2H3,(H,26,33)(H,28,32). The molecule has 9 nitrogen and oxygen atoms in total. The molecule has 3 heterocycles. The number of anilines is 1. The molecule has 2 aromatic heterocycles. The average Bonchev–Trinajstić information content (AvgIpc) is 3.43. The van der Waals surface area contributed by atoms with E-state index in [0.29, 0.717) is 49.5 Å². The van der Waals surface area contributed by atoms with Gasteiger partial charge in [-0.2, -0.15) is 5.10 Å². The highest BCUT2D eigenvalue weighted by molar-refractivity contribution is 9.10. The van der Waals surface area contributed by atoms with Gasteiger partial charge >= 0.3 is 0 Å². The number of nitrogens with one attached hydrogen (secondary N) is 2. The fourth-order valence-corrected chi connectivity index (χ4v) is 4.34. The lowest BCUT2D eigenvalue weighted by Crippen LogP contribution is -2.34. The number of pyridine rings is 1. The number of benzene rings is 1. The van der Waals surface area contributed by atoms with Gasteiger partial charge in [0.1, 0.15) is 10.3 Å². The number of oxime groups is 1. The summed E-state index contributed by atoms with van der Waals surface area (Å²) >= 11 is 15.9.